The molecule has 0 atom stereocenters. The standard InChI is InChI=1S/C14H17N5OS/c20-13(10-5-7-15-8-6-10)18-11-1-3-12(4-2-11)21-14-16-9-17-19-14/h1-4,9-10,15H,5-8H2,(H,18,20)(H,16,17,19). The van der Waals surface area contributed by atoms with Crippen molar-refractivity contribution in [2.45, 2.75) is 22.9 Å². The van der Waals surface area contributed by atoms with Gasteiger partial charge in [0.25, 0.3) is 0 Å². The Morgan fingerprint density at radius 3 is 2.67 bits per heavy atom. The SMILES string of the molecule is O=C(Nc1ccc(Sc2ncn[nH]2)cc1)C1CCNCC1. The van der Waals surface area contributed by atoms with Crippen molar-refractivity contribution in [2.75, 3.05) is 18.4 Å². The second-order valence-corrected chi connectivity index (χ2v) is 5.99. The second kappa shape index (κ2) is 6.73. The molecular formula is C14H17N5OS. The molecule has 0 bridgehead atoms. The molecule has 0 aliphatic carbocycles. The maximum atomic E-state index is 12.1. The van der Waals surface area contributed by atoms with Crippen molar-refractivity contribution in [2.24, 2.45) is 5.92 Å². The fourth-order valence-electron chi connectivity index (χ4n) is 2.29. The summed E-state index contributed by atoms with van der Waals surface area (Å²) in [4.78, 5) is 17.3. The first-order chi connectivity index (χ1) is 10.3. The van der Waals surface area contributed by atoms with Gasteiger partial charge in [0.15, 0.2) is 5.16 Å². The second-order valence-electron chi connectivity index (χ2n) is 4.93. The van der Waals surface area contributed by atoms with Gasteiger partial charge < -0.3 is 10.6 Å². The molecule has 1 aliphatic heterocycles. The zero-order valence-corrected chi connectivity index (χ0v) is 12.3. The summed E-state index contributed by atoms with van der Waals surface area (Å²) in [7, 11) is 0. The maximum absolute atomic E-state index is 12.1. The van der Waals surface area contributed by atoms with Gasteiger partial charge in [-0.1, -0.05) is 11.8 Å². The minimum Gasteiger partial charge on any atom is -0.326 e. The number of rotatable bonds is 4. The van der Waals surface area contributed by atoms with E-state index in [1.54, 1.807) is 0 Å². The number of aromatic amines is 1. The van der Waals surface area contributed by atoms with Gasteiger partial charge in [0.05, 0.1) is 0 Å². The van der Waals surface area contributed by atoms with Crippen LogP contribution < -0.4 is 10.6 Å². The summed E-state index contributed by atoms with van der Waals surface area (Å²) in [5.41, 5.74) is 0.834. The quantitative estimate of drug-likeness (QED) is 0.803. The normalized spacial score (nSPS) is 15.8. The van der Waals surface area contributed by atoms with Crippen LogP contribution in [0, 0.1) is 5.92 Å². The number of aromatic nitrogens is 3. The van der Waals surface area contributed by atoms with E-state index in [4.69, 9.17) is 0 Å². The van der Waals surface area contributed by atoms with E-state index in [1.807, 2.05) is 24.3 Å². The van der Waals surface area contributed by atoms with Gasteiger partial charge in [-0.2, -0.15) is 5.10 Å². The Balaban J connectivity index is 1.57. The Kier molecular flexibility index (Phi) is 4.52. The average Bonchev–Trinajstić information content (AvgIpc) is 3.03. The number of hydrogen-bond donors (Lipinski definition) is 3. The highest BCUT2D eigenvalue weighted by Crippen LogP contribution is 2.25. The molecule has 1 aromatic heterocycles. The minimum absolute atomic E-state index is 0.118. The van der Waals surface area contributed by atoms with E-state index in [0.717, 1.165) is 41.7 Å². The molecule has 1 saturated heterocycles. The Labute approximate surface area is 127 Å². The zero-order chi connectivity index (χ0) is 14.5. The van der Waals surface area contributed by atoms with E-state index >= 15 is 0 Å². The van der Waals surface area contributed by atoms with Gasteiger partial charge in [0.1, 0.15) is 6.33 Å². The molecule has 6 nitrogen and oxygen atoms in total. The van der Waals surface area contributed by atoms with E-state index in [2.05, 4.69) is 25.8 Å². The molecule has 1 fully saturated rings. The van der Waals surface area contributed by atoms with Gasteiger partial charge in [0, 0.05) is 16.5 Å². The van der Waals surface area contributed by atoms with Crippen LogP contribution in [0.1, 0.15) is 12.8 Å². The summed E-state index contributed by atoms with van der Waals surface area (Å²) >= 11 is 1.50. The smallest absolute Gasteiger partial charge is 0.227 e. The highest BCUT2D eigenvalue weighted by atomic mass is 32.2. The number of carbonyl (C=O) groups is 1. The third-order valence-corrected chi connectivity index (χ3v) is 4.34. The third kappa shape index (κ3) is 3.83. The maximum Gasteiger partial charge on any atom is 0.227 e. The van der Waals surface area contributed by atoms with E-state index < -0.39 is 0 Å². The molecule has 2 aromatic rings. The molecule has 1 aliphatic rings. The Bertz CT molecular complexity index is 578. The first-order valence-electron chi connectivity index (χ1n) is 6.96. The number of nitrogens with zero attached hydrogens (tertiary/aromatic N) is 2. The van der Waals surface area contributed by atoms with Crippen molar-refractivity contribution in [1.82, 2.24) is 20.5 Å². The molecule has 3 N–H and O–H groups in total. The van der Waals surface area contributed by atoms with E-state index in [0.29, 0.717) is 0 Å². The summed E-state index contributed by atoms with van der Waals surface area (Å²) in [6.45, 7) is 1.84. The number of H-pyrrole nitrogens is 1. The molecule has 1 aromatic carbocycles. The molecule has 0 unspecified atom stereocenters. The first-order valence-corrected chi connectivity index (χ1v) is 7.78. The molecule has 0 spiro atoms. The van der Waals surface area contributed by atoms with Gasteiger partial charge in [-0.05, 0) is 50.2 Å². The Hall–Kier alpha value is -1.86. The lowest BCUT2D eigenvalue weighted by molar-refractivity contribution is -0.120. The summed E-state index contributed by atoms with van der Waals surface area (Å²) in [6.07, 6.45) is 3.30. The van der Waals surface area contributed by atoms with E-state index in [9.17, 15) is 4.79 Å². The van der Waals surface area contributed by atoms with Gasteiger partial charge in [-0.3, -0.25) is 9.89 Å². The summed E-state index contributed by atoms with van der Waals surface area (Å²) in [6, 6.07) is 7.76. The molecule has 110 valence electrons. The molecule has 2 heterocycles. The van der Waals surface area contributed by atoms with Crippen LogP contribution in [0.3, 0.4) is 0 Å². The zero-order valence-electron chi connectivity index (χ0n) is 11.5. The van der Waals surface area contributed by atoms with Crippen LogP contribution >= 0.6 is 11.8 Å². The Morgan fingerprint density at radius 2 is 2.00 bits per heavy atom. The van der Waals surface area contributed by atoms with Gasteiger partial charge in [-0.25, -0.2) is 4.98 Å². The number of nitrogens with one attached hydrogen (secondary N) is 3. The molecule has 7 heteroatoms. The molecule has 0 radical (unpaired) electrons. The van der Waals surface area contributed by atoms with Gasteiger partial charge in [0.2, 0.25) is 5.91 Å². The monoisotopic (exact) mass is 303 g/mol. The molecular weight excluding hydrogens is 286 g/mol. The number of amides is 1. The lowest BCUT2D eigenvalue weighted by Crippen LogP contribution is -2.34. The van der Waals surface area contributed by atoms with E-state index in [-0.39, 0.29) is 11.8 Å². The van der Waals surface area contributed by atoms with Crippen LogP contribution in [0.2, 0.25) is 0 Å². The molecule has 3 rings (SSSR count). The summed E-state index contributed by atoms with van der Waals surface area (Å²) in [5, 5.41) is 13.6. The fraction of sp³-hybridized carbons (Fsp3) is 0.357. The topological polar surface area (TPSA) is 82.7 Å². The van der Waals surface area contributed by atoms with E-state index in [1.165, 1.54) is 18.1 Å². The Morgan fingerprint density at radius 1 is 1.24 bits per heavy atom. The van der Waals surface area contributed by atoms with Crippen LogP contribution in [-0.2, 0) is 4.79 Å². The highest BCUT2D eigenvalue weighted by molar-refractivity contribution is 7.99. The molecule has 0 saturated carbocycles. The third-order valence-electron chi connectivity index (χ3n) is 3.44. The van der Waals surface area contributed by atoms with Crippen molar-refractivity contribution in [3.05, 3.63) is 30.6 Å². The predicted molar refractivity (Wildman–Crippen MR) is 81.2 cm³/mol. The lowest BCUT2D eigenvalue weighted by Gasteiger charge is -2.21. The summed E-state index contributed by atoms with van der Waals surface area (Å²) in [5.74, 6) is 0.238. The van der Waals surface area contributed by atoms with Crippen molar-refractivity contribution in [1.29, 1.82) is 0 Å². The molecule has 1 amide bonds. The summed E-state index contributed by atoms with van der Waals surface area (Å²) < 4.78 is 0. The predicted octanol–water partition coefficient (Wildman–Crippen LogP) is 1.89. The van der Waals surface area contributed by atoms with Crippen LogP contribution in [0.4, 0.5) is 5.69 Å². The molecule has 21 heavy (non-hydrogen) atoms. The number of carbonyl (C=O) groups excluding carboxylic acids is 1. The van der Waals surface area contributed by atoms with Crippen LogP contribution in [0.15, 0.2) is 40.6 Å². The van der Waals surface area contributed by atoms with Crippen LogP contribution in [0.25, 0.3) is 0 Å². The number of hydrogen-bond acceptors (Lipinski definition) is 5. The minimum atomic E-state index is 0.118. The largest absolute Gasteiger partial charge is 0.326 e. The van der Waals surface area contributed by atoms with Gasteiger partial charge in [-0.15, -0.1) is 0 Å². The van der Waals surface area contributed by atoms with Crippen molar-refractivity contribution >= 4 is 23.4 Å². The van der Waals surface area contributed by atoms with Crippen molar-refractivity contribution in [3.8, 4) is 0 Å². The lowest BCUT2D eigenvalue weighted by atomic mass is 9.97. The first kappa shape index (κ1) is 14.1. The average molecular weight is 303 g/mol. The fourth-order valence-corrected chi connectivity index (χ4v) is 2.98. The number of piperidine rings is 1. The van der Waals surface area contributed by atoms with Gasteiger partial charge >= 0.3 is 0 Å². The van der Waals surface area contributed by atoms with Crippen molar-refractivity contribution in [3.63, 3.8) is 0 Å². The number of anilines is 1. The van der Waals surface area contributed by atoms with Crippen molar-refractivity contribution < 1.29 is 4.79 Å². The number of benzene rings is 1. The van der Waals surface area contributed by atoms with Crippen LogP contribution in [0.5, 0.6) is 0 Å². The van der Waals surface area contributed by atoms with Crippen LogP contribution in [-0.4, -0.2) is 34.2 Å². The highest BCUT2D eigenvalue weighted by Gasteiger charge is 2.20.